The fourth-order valence-electron chi connectivity index (χ4n) is 2.50. The third-order valence-corrected chi connectivity index (χ3v) is 3.60. The summed E-state index contributed by atoms with van der Waals surface area (Å²) in [5, 5.41) is 0. The highest BCUT2D eigenvalue weighted by Crippen LogP contribution is 2.26. The SMILES string of the molecule is C[C@H]1CCCC[C@@H]1OCCc1ccccc1. The molecule has 0 aromatic heterocycles. The molecular weight excluding hydrogens is 196 g/mol. The average Bonchev–Trinajstić information content (AvgIpc) is 2.33. The summed E-state index contributed by atoms with van der Waals surface area (Å²) in [6.45, 7) is 3.20. The second-order valence-electron chi connectivity index (χ2n) is 4.91. The minimum atomic E-state index is 0.512. The van der Waals surface area contributed by atoms with Crippen LogP contribution < -0.4 is 0 Å². The molecule has 2 rings (SSSR count). The van der Waals surface area contributed by atoms with Crippen LogP contribution in [-0.4, -0.2) is 12.7 Å². The highest BCUT2D eigenvalue weighted by molar-refractivity contribution is 5.14. The van der Waals surface area contributed by atoms with Gasteiger partial charge in [0.1, 0.15) is 0 Å². The van der Waals surface area contributed by atoms with Crippen LogP contribution in [0.1, 0.15) is 38.2 Å². The van der Waals surface area contributed by atoms with Gasteiger partial charge in [0.2, 0.25) is 0 Å². The van der Waals surface area contributed by atoms with Gasteiger partial charge in [-0.1, -0.05) is 50.1 Å². The maximum atomic E-state index is 6.00. The molecule has 1 aliphatic carbocycles. The molecule has 88 valence electrons. The Labute approximate surface area is 98.8 Å². The molecule has 0 bridgehead atoms. The molecule has 0 saturated heterocycles. The first-order valence-corrected chi connectivity index (χ1v) is 6.52. The molecule has 0 heterocycles. The molecule has 1 heteroatoms. The summed E-state index contributed by atoms with van der Waals surface area (Å²) >= 11 is 0. The van der Waals surface area contributed by atoms with Crippen LogP contribution in [0.5, 0.6) is 0 Å². The summed E-state index contributed by atoms with van der Waals surface area (Å²) in [4.78, 5) is 0. The molecule has 1 aliphatic rings. The van der Waals surface area contributed by atoms with Gasteiger partial charge in [0.15, 0.2) is 0 Å². The van der Waals surface area contributed by atoms with Gasteiger partial charge in [-0.15, -0.1) is 0 Å². The van der Waals surface area contributed by atoms with Crippen molar-refractivity contribution in [2.75, 3.05) is 6.61 Å². The summed E-state index contributed by atoms with van der Waals surface area (Å²) in [5.41, 5.74) is 1.38. The van der Waals surface area contributed by atoms with Gasteiger partial charge < -0.3 is 4.74 Å². The van der Waals surface area contributed by atoms with E-state index in [9.17, 15) is 0 Å². The van der Waals surface area contributed by atoms with Crippen LogP contribution >= 0.6 is 0 Å². The van der Waals surface area contributed by atoms with E-state index in [4.69, 9.17) is 4.74 Å². The fraction of sp³-hybridized carbons (Fsp3) is 0.600. The zero-order chi connectivity index (χ0) is 11.2. The molecule has 0 aliphatic heterocycles. The van der Waals surface area contributed by atoms with Crippen molar-refractivity contribution in [3.05, 3.63) is 35.9 Å². The Morgan fingerprint density at radius 2 is 1.88 bits per heavy atom. The first-order chi connectivity index (χ1) is 7.86. The van der Waals surface area contributed by atoms with Crippen LogP contribution in [0.4, 0.5) is 0 Å². The molecule has 1 aromatic carbocycles. The zero-order valence-corrected chi connectivity index (χ0v) is 10.2. The largest absolute Gasteiger partial charge is 0.378 e. The highest BCUT2D eigenvalue weighted by Gasteiger charge is 2.21. The predicted molar refractivity (Wildman–Crippen MR) is 67.5 cm³/mol. The van der Waals surface area contributed by atoms with E-state index in [1.165, 1.54) is 31.2 Å². The molecule has 0 amide bonds. The van der Waals surface area contributed by atoms with Crippen LogP contribution in [0.2, 0.25) is 0 Å². The quantitative estimate of drug-likeness (QED) is 0.746. The lowest BCUT2D eigenvalue weighted by Gasteiger charge is -2.28. The normalized spacial score (nSPS) is 25.6. The van der Waals surface area contributed by atoms with Crippen LogP contribution in [0.3, 0.4) is 0 Å². The van der Waals surface area contributed by atoms with Gasteiger partial charge in [-0.05, 0) is 30.7 Å². The van der Waals surface area contributed by atoms with Gasteiger partial charge in [-0.2, -0.15) is 0 Å². The smallest absolute Gasteiger partial charge is 0.0600 e. The first kappa shape index (κ1) is 11.7. The lowest BCUT2D eigenvalue weighted by molar-refractivity contribution is -0.00333. The molecule has 16 heavy (non-hydrogen) atoms. The molecule has 0 unspecified atom stereocenters. The summed E-state index contributed by atoms with van der Waals surface area (Å²) < 4.78 is 6.00. The Kier molecular flexibility index (Phi) is 4.41. The summed E-state index contributed by atoms with van der Waals surface area (Å²) in [6, 6.07) is 10.6. The Hall–Kier alpha value is -0.820. The van der Waals surface area contributed by atoms with Crippen molar-refractivity contribution in [1.29, 1.82) is 0 Å². The van der Waals surface area contributed by atoms with Crippen molar-refractivity contribution in [3.63, 3.8) is 0 Å². The monoisotopic (exact) mass is 218 g/mol. The second kappa shape index (κ2) is 6.05. The van der Waals surface area contributed by atoms with Crippen molar-refractivity contribution >= 4 is 0 Å². The van der Waals surface area contributed by atoms with E-state index in [1.807, 2.05) is 0 Å². The van der Waals surface area contributed by atoms with Crippen LogP contribution in [-0.2, 0) is 11.2 Å². The van der Waals surface area contributed by atoms with E-state index in [-0.39, 0.29) is 0 Å². The minimum absolute atomic E-state index is 0.512. The summed E-state index contributed by atoms with van der Waals surface area (Å²) in [7, 11) is 0. The Bertz CT molecular complexity index is 294. The molecule has 2 atom stereocenters. The molecular formula is C15H22O. The molecule has 0 N–H and O–H groups in total. The van der Waals surface area contributed by atoms with Gasteiger partial charge in [-0.3, -0.25) is 0 Å². The van der Waals surface area contributed by atoms with Crippen LogP contribution in [0.15, 0.2) is 30.3 Å². The van der Waals surface area contributed by atoms with Crippen molar-refractivity contribution in [2.24, 2.45) is 5.92 Å². The topological polar surface area (TPSA) is 9.23 Å². The van der Waals surface area contributed by atoms with Gasteiger partial charge in [0.25, 0.3) is 0 Å². The third-order valence-electron chi connectivity index (χ3n) is 3.60. The number of rotatable bonds is 4. The van der Waals surface area contributed by atoms with Crippen molar-refractivity contribution in [1.82, 2.24) is 0 Å². The average molecular weight is 218 g/mol. The molecule has 1 aromatic rings. The van der Waals surface area contributed by atoms with E-state index >= 15 is 0 Å². The Morgan fingerprint density at radius 3 is 2.62 bits per heavy atom. The van der Waals surface area contributed by atoms with Crippen LogP contribution in [0, 0.1) is 5.92 Å². The molecule has 1 saturated carbocycles. The minimum Gasteiger partial charge on any atom is -0.378 e. The van der Waals surface area contributed by atoms with E-state index in [0.717, 1.165) is 18.9 Å². The highest BCUT2D eigenvalue weighted by atomic mass is 16.5. The molecule has 0 spiro atoms. The van der Waals surface area contributed by atoms with Gasteiger partial charge in [-0.25, -0.2) is 0 Å². The maximum absolute atomic E-state index is 6.00. The number of hydrogen-bond donors (Lipinski definition) is 0. The van der Waals surface area contributed by atoms with E-state index < -0.39 is 0 Å². The predicted octanol–water partition coefficient (Wildman–Crippen LogP) is 3.82. The standard InChI is InChI=1S/C15H22O/c1-13-7-5-6-10-15(13)16-12-11-14-8-3-2-4-9-14/h2-4,8-9,13,15H,5-7,10-12H2,1H3/t13-,15-/m0/s1. The van der Waals surface area contributed by atoms with Crippen LogP contribution in [0.25, 0.3) is 0 Å². The number of ether oxygens (including phenoxy) is 1. The van der Waals surface area contributed by atoms with Gasteiger partial charge in [0, 0.05) is 0 Å². The van der Waals surface area contributed by atoms with E-state index in [2.05, 4.69) is 37.3 Å². The lowest BCUT2D eigenvalue weighted by Crippen LogP contribution is -2.26. The Balaban J connectivity index is 1.71. The van der Waals surface area contributed by atoms with E-state index in [1.54, 1.807) is 0 Å². The molecule has 1 fully saturated rings. The fourth-order valence-corrected chi connectivity index (χ4v) is 2.50. The second-order valence-corrected chi connectivity index (χ2v) is 4.91. The zero-order valence-electron chi connectivity index (χ0n) is 10.2. The summed E-state index contributed by atoms with van der Waals surface area (Å²) in [6.07, 6.45) is 6.90. The van der Waals surface area contributed by atoms with Gasteiger partial charge >= 0.3 is 0 Å². The summed E-state index contributed by atoms with van der Waals surface area (Å²) in [5.74, 6) is 0.754. The number of hydrogen-bond acceptors (Lipinski definition) is 1. The lowest BCUT2D eigenvalue weighted by atomic mass is 9.88. The van der Waals surface area contributed by atoms with E-state index in [0.29, 0.717) is 6.10 Å². The van der Waals surface area contributed by atoms with Crippen molar-refractivity contribution in [2.45, 2.75) is 45.1 Å². The van der Waals surface area contributed by atoms with Crippen molar-refractivity contribution < 1.29 is 4.74 Å². The number of benzene rings is 1. The third kappa shape index (κ3) is 3.34. The molecule has 0 radical (unpaired) electrons. The van der Waals surface area contributed by atoms with Crippen molar-refractivity contribution in [3.8, 4) is 0 Å². The maximum Gasteiger partial charge on any atom is 0.0600 e. The molecule has 1 nitrogen and oxygen atoms in total. The first-order valence-electron chi connectivity index (χ1n) is 6.52. The Morgan fingerprint density at radius 1 is 1.12 bits per heavy atom. The van der Waals surface area contributed by atoms with Gasteiger partial charge in [0.05, 0.1) is 12.7 Å².